The third-order valence-corrected chi connectivity index (χ3v) is 3.15. The topological polar surface area (TPSA) is 29.5 Å². The zero-order chi connectivity index (χ0) is 14.1. The molecule has 1 aromatic carbocycles. The van der Waals surface area contributed by atoms with Gasteiger partial charge in [-0.1, -0.05) is 13.8 Å². The van der Waals surface area contributed by atoms with Crippen molar-refractivity contribution in [1.29, 1.82) is 0 Å². The van der Waals surface area contributed by atoms with Crippen LogP contribution in [0.1, 0.15) is 43.5 Å². The first-order chi connectivity index (χ1) is 9.21. The number of hydrogen-bond acceptors (Lipinski definition) is 3. The summed E-state index contributed by atoms with van der Waals surface area (Å²) in [4.78, 5) is 14.5. The Morgan fingerprint density at radius 2 is 1.60 bits per heavy atom. The molecule has 0 unspecified atom stereocenters. The maximum atomic E-state index is 12.1. The van der Waals surface area contributed by atoms with Gasteiger partial charge in [0.1, 0.15) is 5.75 Å². The predicted molar refractivity (Wildman–Crippen MR) is 86.2 cm³/mol. The Kier molecular flexibility index (Phi) is 10.1. The molecule has 0 aromatic heterocycles. The van der Waals surface area contributed by atoms with E-state index in [-0.39, 0.29) is 18.2 Å². The second kappa shape index (κ2) is 10.7. The largest absolute Gasteiger partial charge is 0.497 e. The molecule has 0 saturated carbocycles. The molecule has 0 N–H and O–H groups in total. The van der Waals surface area contributed by atoms with E-state index < -0.39 is 0 Å². The summed E-state index contributed by atoms with van der Waals surface area (Å²) >= 11 is 0. The standard InChI is InChI=1S/C16H25NO2.ClH/c1-4-11-17(12-5-2)13-10-16(18)14-6-8-15(19-3)9-7-14;/h6-9H,4-5,10-13H2,1-3H3;1H. The quantitative estimate of drug-likeness (QED) is 0.649. The first-order valence-corrected chi connectivity index (χ1v) is 7.10. The molecule has 114 valence electrons. The van der Waals surface area contributed by atoms with Gasteiger partial charge in [-0.2, -0.15) is 0 Å². The van der Waals surface area contributed by atoms with Gasteiger partial charge in [0, 0.05) is 18.5 Å². The number of nitrogens with zero attached hydrogens (tertiary/aromatic N) is 1. The molecule has 0 spiro atoms. The zero-order valence-electron chi connectivity index (χ0n) is 12.7. The van der Waals surface area contributed by atoms with Crippen molar-refractivity contribution in [3.05, 3.63) is 29.8 Å². The molecule has 1 rings (SSSR count). The van der Waals surface area contributed by atoms with E-state index in [2.05, 4.69) is 18.7 Å². The summed E-state index contributed by atoms with van der Waals surface area (Å²) in [6, 6.07) is 7.35. The number of hydrogen-bond donors (Lipinski definition) is 0. The minimum absolute atomic E-state index is 0. The lowest BCUT2D eigenvalue weighted by Crippen LogP contribution is -2.28. The summed E-state index contributed by atoms with van der Waals surface area (Å²) in [5, 5.41) is 0. The molecule has 0 bridgehead atoms. The van der Waals surface area contributed by atoms with Crippen molar-refractivity contribution in [1.82, 2.24) is 4.90 Å². The molecule has 0 fully saturated rings. The lowest BCUT2D eigenvalue weighted by molar-refractivity contribution is 0.0964. The number of ether oxygens (including phenoxy) is 1. The number of methoxy groups -OCH3 is 1. The number of ketones is 1. The monoisotopic (exact) mass is 299 g/mol. The van der Waals surface area contributed by atoms with E-state index in [1.807, 2.05) is 24.3 Å². The molecule has 4 heteroatoms. The molecule has 1 aromatic rings. The fourth-order valence-corrected chi connectivity index (χ4v) is 2.15. The van der Waals surface area contributed by atoms with Crippen LogP contribution in [0.4, 0.5) is 0 Å². The molecule has 20 heavy (non-hydrogen) atoms. The first-order valence-electron chi connectivity index (χ1n) is 7.10. The van der Waals surface area contributed by atoms with Crippen molar-refractivity contribution in [3.63, 3.8) is 0 Å². The molecule has 0 atom stereocenters. The molecule has 0 saturated heterocycles. The van der Waals surface area contributed by atoms with Gasteiger partial charge in [0.25, 0.3) is 0 Å². The third kappa shape index (κ3) is 6.40. The van der Waals surface area contributed by atoms with Crippen LogP contribution in [0, 0.1) is 0 Å². The fraction of sp³-hybridized carbons (Fsp3) is 0.562. The van der Waals surface area contributed by atoms with Crippen molar-refractivity contribution < 1.29 is 9.53 Å². The third-order valence-electron chi connectivity index (χ3n) is 3.15. The highest BCUT2D eigenvalue weighted by molar-refractivity contribution is 5.96. The number of halogens is 1. The number of carbonyl (C=O) groups excluding carboxylic acids is 1. The van der Waals surface area contributed by atoms with Crippen LogP contribution in [-0.4, -0.2) is 37.4 Å². The smallest absolute Gasteiger partial charge is 0.164 e. The Morgan fingerprint density at radius 3 is 2.05 bits per heavy atom. The molecule has 0 aliphatic carbocycles. The van der Waals surface area contributed by atoms with Crippen LogP contribution in [0.15, 0.2) is 24.3 Å². The van der Waals surface area contributed by atoms with Crippen LogP contribution >= 0.6 is 12.4 Å². The van der Waals surface area contributed by atoms with E-state index in [0.29, 0.717) is 6.42 Å². The second-order valence-corrected chi connectivity index (χ2v) is 4.74. The Balaban J connectivity index is 0.00000361. The Bertz CT molecular complexity index is 373. The van der Waals surface area contributed by atoms with Crippen LogP contribution in [0.5, 0.6) is 5.75 Å². The van der Waals surface area contributed by atoms with Gasteiger partial charge in [-0.15, -0.1) is 12.4 Å². The van der Waals surface area contributed by atoms with E-state index in [4.69, 9.17) is 4.74 Å². The summed E-state index contributed by atoms with van der Waals surface area (Å²) in [5.74, 6) is 0.995. The average Bonchev–Trinajstić information content (AvgIpc) is 2.45. The Hall–Kier alpha value is -1.06. The number of carbonyl (C=O) groups is 1. The van der Waals surface area contributed by atoms with E-state index in [0.717, 1.165) is 43.8 Å². The molecular weight excluding hydrogens is 274 g/mol. The fourth-order valence-electron chi connectivity index (χ4n) is 2.15. The SMILES string of the molecule is CCCN(CCC)CCC(=O)c1ccc(OC)cc1.Cl. The lowest BCUT2D eigenvalue weighted by atomic mass is 10.1. The van der Waals surface area contributed by atoms with Crippen molar-refractivity contribution >= 4 is 18.2 Å². The van der Waals surface area contributed by atoms with Crippen LogP contribution < -0.4 is 4.74 Å². The summed E-state index contributed by atoms with van der Waals surface area (Å²) in [7, 11) is 1.63. The van der Waals surface area contributed by atoms with Crippen LogP contribution in [0.2, 0.25) is 0 Å². The van der Waals surface area contributed by atoms with Gasteiger partial charge < -0.3 is 9.64 Å². The summed E-state index contributed by atoms with van der Waals surface area (Å²) < 4.78 is 5.09. The number of Topliss-reactive ketones (excluding diaryl/α,β-unsaturated/α-hetero) is 1. The van der Waals surface area contributed by atoms with E-state index >= 15 is 0 Å². The van der Waals surface area contributed by atoms with Gasteiger partial charge in [0.05, 0.1) is 7.11 Å². The highest BCUT2D eigenvalue weighted by Crippen LogP contribution is 2.13. The molecule has 0 aliphatic heterocycles. The van der Waals surface area contributed by atoms with Crippen LogP contribution in [0.3, 0.4) is 0 Å². The highest BCUT2D eigenvalue weighted by atomic mass is 35.5. The molecule has 0 aliphatic rings. The van der Waals surface area contributed by atoms with Crippen LogP contribution in [-0.2, 0) is 0 Å². The molecule has 0 heterocycles. The van der Waals surface area contributed by atoms with Crippen molar-refractivity contribution in [2.75, 3.05) is 26.7 Å². The predicted octanol–water partition coefficient (Wildman–Crippen LogP) is 3.81. The van der Waals surface area contributed by atoms with Crippen LogP contribution in [0.25, 0.3) is 0 Å². The molecule has 3 nitrogen and oxygen atoms in total. The van der Waals surface area contributed by atoms with Gasteiger partial charge >= 0.3 is 0 Å². The van der Waals surface area contributed by atoms with Crippen molar-refractivity contribution in [2.45, 2.75) is 33.1 Å². The zero-order valence-corrected chi connectivity index (χ0v) is 13.5. The summed E-state index contributed by atoms with van der Waals surface area (Å²) in [5.41, 5.74) is 0.772. The number of benzene rings is 1. The Morgan fingerprint density at radius 1 is 1.05 bits per heavy atom. The van der Waals surface area contributed by atoms with Gasteiger partial charge in [-0.25, -0.2) is 0 Å². The van der Waals surface area contributed by atoms with E-state index in [9.17, 15) is 4.79 Å². The van der Waals surface area contributed by atoms with Gasteiger partial charge in [0.2, 0.25) is 0 Å². The molecule has 0 radical (unpaired) electrons. The summed E-state index contributed by atoms with van der Waals surface area (Å²) in [6.07, 6.45) is 2.86. The van der Waals surface area contributed by atoms with Crippen molar-refractivity contribution in [3.8, 4) is 5.75 Å². The maximum Gasteiger partial charge on any atom is 0.164 e. The molecule has 0 amide bonds. The van der Waals surface area contributed by atoms with E-state index in [1.165, 1.54) is 0 Å². The van der Waals surface area contributed by atoms with Crippen molar-refractivity contribution in [2.24, 2.45) is 0 Å². The van der Waals surface area contributed by atoms with Gasteiger partial charge in [-0.05, 0) is 50.2 Å². The maximum absolute atomic E-state index is 12.1. The van der Waals surface area contributed by atoms with Gasteiger partial charge in [0.15, 0.2) is 5.78 Å². The minimum Gasteiger partial charge on any atom is -0.497 e. The van der Waals surface area contributed by atoms with E-state index in [1.54, 1.807) is 7.11 Å². The average molecular weight is 300 g/mol. The second-order valence-electron chi connectivity index (χ2n) is 4.74. The normalized spacial score (nSPS) is 10.2. The Labute approximate surface area is 128 Å². The summed E-state index contributed by atoms with van der Waals surface area (Å²) in [6.45, 7) is 7.35. The number of rotatable bonds is 9. The van der Waals surface area contributed by atoms with Gasteiger partial charge in [-0.3, -0.25) is 4.79 Å². The first kappa shape index (κ1) is 18.9. The molecular formula is C16H26ClNO2. The minimum atomic E-state index is 0. The highest BCUT2D eigenvalue weighted by Gasteiger charge is 2.09. The lowest BCUT2D eigenvalue weighted by Gasteiger charge is -2.20.